The Balaban J connectivity index is 2.09. The van der Waals surface area contributed by atoms with Crippen LogP contribution in [0.3, 0.4) is 0 Å². The predicted octanol–water partition coefficient (Wildman–Crippen LogP) is 1.04. The molecule has 0 bridgehead atoms. The number of hydrogen-bond acceptors (Lipinski definition) is 6. The molecule has 0 radical (unpaired) electrons. The molecule has 2 rings (SSSR count). The largest absolute Gasteiger partial charge is 0.446 e. The van der Waals surface area contributed by atoms with E-state index in [1.165, 1.54) is 38.2 Å². The van der Waals surface area contributed by atoms with Gasteiger partial charge in [0.2, 0.25) is 22.0 Å². The Hall–Kier alpha value is -3.24. The number of anilines is 1. The van der Waals surface area contributed by atoms with Crippen LogP contribution in [-0.2, 0) is 29.1 Å². The Morgan fingerprint density at radius 2 is 1.66 bits per heavy atom. The van der Waals surface area contributed by atoms with E-state index in [1.807, 2.05) is 0 Å². The average Bonchev–Trinajstić information content (AvgIpc) is 2.66. The molecular weight excluding hydrogens is 398 g/mol. The summed E-state index contributed by atoms with van der Waals surface area (Å²) in [6, 6.07) is 13.6. The van der Waals surface area contributed by atoms with E-state index >= 15 is 0 Å². The highest BCUT2D eigenvalue weighted by Gasteiger charge is 2.27. The first-order chi connectivity index (χ1) is 13.6. The van der Waals surface area contributed by atoms with Crippen molar-refractivity contribution in [3.63, 3.8) is 0 Å². The van der Waals surface area contributed by atoms with Crippen molar-refractivity contribution >= 4 is 33.5 Å². The van der Waals surface area contributed by atoms with E-state index < -0.39 is 34.5 Å². The van der Waals surface area contributed by atoms with Gasteiger partial charge in [0.25, 0.3) is 5.91 Å². The molecule has 10 heteroatoms. The van der Waals surface area contributed by atoms with Gasteiger partial charge >= 0.3 is 5.97 Å². The molecule has 29 heavy (non-hydrogen) atoms. The van der Waals surface area contributed by atoms with Crippen LogP contribution in [0.1, 0.15) is 18.6 Å². The van der Waals surface area contributed by atoms with E-state index in [1.54, 1.807) is 30.3 Å². The Morgan fingerprint density at radius 1 is 1.07 bits per heavy atom. The maximum Gasteiger partial charge on any atom is 0.322 e. The summed E-state index contributed by atoms with van der Waals surface area (Å²) in [4.78, 5) is 34.8. The number of hydrogen-bond donors (Lipinski definition) is 2. The number of amides is 2. The number of rotatable bonds is 8. The molecule has 0 fully saturated rings. The molecule has 2 aromatic carbocycles. The summed E-state index contributed by atoms with van der Waals surface area (Å²) in [6.07, 6.45) is -1.32. The van der Waals surface area contributed by atoms with Crippen molar-refractivity contribution < 1.29 is 27.5 Å². The number of likely N-dealkylation sites (N-methyl/N-ethyl adjacent to an activating group) is 1. The van der Waals surface area contributed by atoms with E-state index in [9.17, 15) is 22.8 Å². The zero-order valence-electron chi connectivity index (χ0n) is 15.9. The van der Waals surface area contributed by atoms with E-state index in [0.717, 1.165) is 4.31 Å². The number of ether oxygens (including phenoxy) is 1. The highest BCUT2D eigenvalue weighted by Crippen LogP contribution is 2.20. The molecule has 1 atom stereocenters. The standard InChI is InChI=1S/C19H21N3O6S/c1-13(23)21-15-8-10-16(11-9-15)29(26,27)22(2)12-17(24)28-18(19(20)25)14-6-4-3-5-7-14/h3-11,18H,12H2,1-2H3,(H2,20,25)(H,21,23). The first kappa shape index (κ1) is 22.1. The quantitative estimate of drug-likeness (QED) is 0.614. The Labute approximate surface area is 168 Å². The number of nitrogens with two attached hydrogens (primary N) is 1. The van der Waals surface area contributed by atoms with Crippen molar-refractivity contribution in [2.45, 2.75) is 17.9 Å². The van der Waals surface area contributed by atoms with Gasteiger partial charge in [-0.1, -0.05) is 30.3 Å². The van der Waals surface area contributed by atoms with Crippen LogP contribution in [0.5, 0.6) is 0 Å². The van der Waals surface area contributed by atoms with Crippen molar-refractivity contribution in [1.82, 2.24) is 4.31 Å². The van der Waals surface area contributed by atoms with Crippen molar-refractivity contribution in [2.75, 3.05) is 18.9 Å². The molecule has 0 saturated heterocycles. The molecule has 2 amide bonds. The van der Waals surface area contributed by atoms with Gasteiger partial charge < -0.3 is 15.8 Å². The first-order valence-electron chi connectivity index (χ1n) is 8.49. The minimum Gasteiger partial charge on any atom is -0.446 e. The summed E-state index contributed by atoms with van der Waals surface area (Å²) in [5, 5.41) is 2.53. The highest BCUT2D eigenvalue weighted by atomic mass is 32.2. The fourth-order valence-electron chi connectivity index (χ4n) is 2.45. The molecule has 0 aliphatic carbocycles. The summed E-state index contributed by atoms with van der Waals surface area (Å²) in [5.41, 5.74) is 6.11. The molecule has 0 aliphatic rings. The highest BCUT2D eigenvalue weighted by molar-refractivity contribution is 7.89. The van der Waals surface area contributed by atoms with Gasteiger partial charge in [-0.3, -0.25) is 14.4 Å². The molecule has 2 aromatic rings. The van der Waals surface area contributed by atoms with Crippen molar-refractivity contribution in [1.29, 1.82) is 0 Å². The van der Waals surface area contributed by atoms with E-state index in [4.69, 9.17) is 10.5 Å². The molecule has 0 aromatic heterocycles. The van der Waals surface area contributed by atoms with Crippen molar-refractivity contribution in [3.8, 4) is 0 Å². The summed E-state index contributed by atoms with van der Waals surface area (Å²) < 4.78 is 31.2. The normalized spacial score (nSPS) is 12.2. The maximum atomic E-state index is 12.6. The zero-order valence-corrected chi connectivity index (χ0v) is 16.7. The van der Waals surface area contributed by atoms with Gasteiger partial charge in [-0.25, -0.2) is 8.42 Å². The fraction of sp³-hybridized carbons (Fsp3) is 0.211. The van der Waals surface area contributed by atoms with Gasteiger partial charge in [0.1, 0.15) is 6.54 Å². The zero-order chi connectivity index (χ0) is 21.6. The predicted molar refractivity (Wildman–Crippen MR) is 105 cm³/mol. The lowest BCUT2D eigenvalue weighted by atomic mass is 10.1. The topological polar surface area (TPSA) is 136 Å². The second kappa shape index (κ2) is 9.30. The van der Waals surface area contributed by atoms with Crippen LogP contribution >= 0.6 is 0 Å². The number of nitrogens with zero attached hydrogens (tertiary/aromatic N) is 1. The third-order valence-electron chi connectivity index (χ3n) is 3.84. The molecule has 9 nitrogen and oxygen atoms in total. The van der Waals surface area contributed by atoms with Gasteiger partial charge in [0.15, 0.2) is 0 Å². The lowest BCUT2D eigenvalue weighted by Crippen LogP contribution is -2.35. The lowest BCUT2D eigenvalue weighted by Gasteiger charge is -2.19. The summed E-state index contributed by atoms with van der Waals surface area (Å²) >= 11 is 0. The Bertz CT molecular complexity index is 990. The number of carbonyl (C=O) groups excluding carboxylic acids is 3. The van der Waals surface area contributed by atoms with Crippen LogP contribution in [0.25, 0.3) is 0 Å². The SMILES string of the molecule is CC(=O)Nc1ccc(S(=O)(=O)N(C)CC(=O)OC(C(N)=O)c2ccccc2)cc1. The third kappa shape index (κ3) is 5.87. The van der Waals surface area contributed by atoms with E-state index in [-0.39, 0.29) is 10.8 Å². The molecule has 0 spiro atoms. The van der Waals surface area contributed by atoms with Gasteiger partial charge in [-0.2, -0.15) is 4.31 Å². The van der Waals surface area contributed by atoms with Crippen LogP contribution in [0, 0.1) is 0 Å². The minimum atomic E-state index is -4.00. The van der Waals surface area contributed by atoms with Gasteiger partial charge in [0.05, 0.1) is 4.90 Å². The second-order valence-electron chi connectivity index (χ2n) is 6.15. The molecule has 0 aliphatic heterocycles. The summed E-state index contributed by atoms with van der Waals surface area (Å²) in [6.45, 7) is 0.714. The number of carbonyl (C=O) groups is 3. The van der Waals surface area contributed by atoms with Crippen molar-refractivity contribution in [2.24, 2.45) is 5.73 Å². The molecule has 154 valence electrons. The van der Waals surface area contributed by atoms with E-state index in [2.05, 4.69) is 5.32 Å². The molecule has 0 saturated carbocycles. The van der Waals surface area contributed by atoms with Crippen LogP contribution in [-0.4, -0.2) is 44.1 Å². The monoisotopic (exact) mass is 419 g/mol. The summed E-state index contributed by atoms with van der Waals surface area (Å²) in [5.74, 6) is -2.09. The third-order valence-corrected chi connectivity index (χ3v) is 5.66. The van der Waals surface area contributed by atoms with Crippen molar-refractivity contribution in [3.05, 3.63) is 60.2 Å². The second-order valence-corrected chi connectivity index (χ2v) is 8.19. The Morgan fingerprint density at radius 3 is 2.17 bits per heavy atom. The molecular formula is C19H21N3O6S. The average molecular weight is 419 g/mol. The number of sulfonamides is 1. The van der Waals surface area contributed by atoms with Gasteiger partial charge in [-0.15, -0.1) is 0 Å². The Kier molecular flexibility index (Phi) is 7.08. The smallest absolute Gasteiger partial charge is 0.322 e. The van der Waals surface area contributed by atoms with Crippen LogP contribution in [0.4, 0.5) is 5.69 Å². The van der Waals surface area contributed by atoms with Crippen LogP contribution < -0.4 is 11.1 Å². The number of esters is 1. The molecule has 3 N–H and O–H groups in total. The number of primary amides is 1. The maximum absolute atomic E-state index is 12.6. The molecule has 1 unspecified atom stereocenters. The lowest BCUT2D eigenvalue weighted by molar-refractivity contribution is -0.155. The fourth-order valence-corrected chi connectivity index (χ4v) is 3.56. The number of nitrogens with one attached hydrogen (secondary N) is 1. The van der Waals surface area contributed by atoms with E-state index in [0.29, 0.717) is 11.3 Å². The van der Waals surface area contributed by atoms with Gasteiger partial charge in [-0.05, 0) is 24.3 Å². The minimum absolute atomic E-state index is 0.0728. The van der Waals surface area contributed by atoms with Gasteiger partial charge in [0, 0.05) is 25.2 Å². The van der Waals surface area contributed by atoms with Crippen LogP contribution in [0.2, 0.25) is 0 Å². The summed E-state index contributed by atoms with van der Waals surface area (Å²) in [7, 11) is -2.79. The number of benzene rings is 2. The molecule has 0 heterocycles. The van der Waals surface area contributed by atoms with Crippen LogP contribution in [0.15, 0.2) is 59.5 Å². The first-order valence-corrected chi connectivity index (χ1v) is 9.93.